The van der Waals surface area contributed by atoms with Crippen LogP contribution in [0.25, 0.3) is 0 Å². The molecule has 2 heterocycles. The zero-order chi connectivity index (χ0) is 18.0. The first kappa shape index (κ1) is 19.1. The molecule has 1 saturated heterocycles. The lowest BCUT2D eigenvalue weighted by Gasteiger charge is -2.32. The molecular weight excluding hydrogens is 398 g/mol. The van der Waals surface area contributed by atoms with Gasteiger partial charge in [0, 0.05) is 36.0 Å². The van der Waals surface area contributed by atoms with Crippen molar-refractivity contribution in [1.29, 1.82) is 0 Å². The minimum absolute atomic E-state index is 0.134. The van der Waals surface area contributed by atoms with Gasteiger partial charge in [-0.15, -0.1) is 0 Å². The molecule has 0 aliphatic carbocycles. The van der Waals surface area contributed by atoms with Gasteiger partial charge in [0.05, 0.1) is 0 Å². The number of sulfonamides is 1. The van der Waals surface area contributed by atoms with Crippen LogP contribution in [0.5, 0.6) is 0 Å². The van der Waals surface area contributed by atoms with Crippen molar-refractivity contribution >= 4 is 32.0 Å². The van der Waals surface area contributed by atoms with Gasteiger partial charge in [0.1, 0.15) is 10.5 Å². The van der Waals surface area contributed by atoms with Crippen molar-refractivity contribution in [1.82, 2.24) is 14.6 Å². The van der Waals surface area contributed by atoms with Gasteiger partial charge < -0.3 is 10.1 Å². The Bertz CT molecular complexity index is 703. The van der Waals surface area contributed by atoms with Gasteiger partial charge in [-0.1, -0.05) is 0 Å². The Morgan fingerprint density at radius 2 is 2.12 bits per heavy atom. The summed E-state index contributed by atoms with van der Waals surface area (Å²) in [5, 5.41) is 2.75. The SMILES string of the molecule is CC(C)(C)OC(=O)N[C@@H]1CCCN(S(=O)(=O)c2cncc(Br)c2)C1. The van der Waals surface area contributed by atoms with E-state index >= 15 is 0 Å². The fourth-order valence-electron chi connectivity index (χ4n) is 2.44. The summed E-state index contributed by atoms with van der Waals surface area (Å²) >= 11 is 3.23. The number of hydrogen-bond donors (Lipinski definition) is 1. The maximum atomic E-state index is 12.7. The van der Waals surface area contributed by atoms with Gasteiger partial charge in [-0.25, -0.2) is 13.2 Å². The van der Waals surface area contributed by atoms with Crippen molar-refractivity contribution in [2.75, 3.05) is 13.1 Å². The van der Waals surface area contributed by atoms with E-state index in [-0.39, 0.29) is 17.5 Å². The number of alkyl carbamates (subject to hydrolysis) is 1. The van der Waals surface area contributed by atoms with Gasteiger partial charge in [0.2, 0.25) is 10.0 Å². The van der Waals surface area contributed by atoms with Crippen molar-refractivity contribution in [2.24, 2.45) is 0 Å². The van der Waals surface area contributed by atoms with Gasteiger partial charge >= 0.3 is 6.09 Å². The second-order valence-corrected chi connectivity index (χ2v) is 9.54. The number of halogens is 1. The first-order valence-corrected chi connectivity index (χ1v) is 9.91. The summed E-state index contributed by atoms with van der Waals surface area (Å²) in [6.45, 7) is 5.98. The fourth-order valence-corrected chi connectivity index (χ4v) is 4.47. The maximum Gasteiger partial charge on any atom is 0.407 e. The molecule has 1 amide bonds. The van der Waals surface area contributed by atoms with Gasteiger partial charge in [-0.2, -0.15) is 4.31 Å². The topological polar surface area (TPSA) is 88.6 Å². The molecule has 0 saturated carbocycles. The van der Waals surface area contributed by atoms with Gasteiger partial charge in [0.15, 0.2) is 0 Å². The van der Waals surface area contributed by atoms with Gasteiger partial charge in [0.25, 0.3) is 0 Å². The number of piperidine rings is 1. The standard InChI is InChI=1S/C15H22BrN3O4S/c1-15(2,3)23-14(20)18-12-5-4-6-19(10-12)24(21,22)13-7-11(16)8-17-9-13/h7-9,12H,4-6,10H2,1-3H3,(H,18,20)/t12-/m1/s1. The predicted molar refractivity (Wildman–Crippen MR) is 93.1 cm³/mol. The number of carbonyl (C=O) groups is 1. The first-order valence-electron chi connectivity index (χ1n) is 7.68. The summed E-state index contributed by atoms with van der Waals surface area (Å²) in [5.41, 5.74) is -0.591. The van der Waals surface area contributed by atoms with Crippen molar-refractivity contribution in [2.45, 2.75) is 50.2 Å². The van der Waals surface area contributed by atoms with Crippen LogP contribution in [-0.2, 0) is 14.8 Å². The summed E-state index contributed by atoms with van der Waals surface area (Å²) in [7, 11) is -3.64. The highest BCUT2D eigenvalue weighted by atomic mass is 79.9. The van der Waals surface area contributed by atoms with E-state index in [1.807, 2.05) is 0 Å². The second kappa shape index (κ2) is 7.37. The average molecular weight is 420 g/mol. The molecule has 9 heteroatoms. The largest absolute Gasteiger partial charge is 0.444 e. The smallest absolute Gasteiger partial charge is 0.407 e. The number of rotatable bonds is 3. The third-order valence-corrected chi connectivity index (χ3v) is 5.69. The molecular formula is C15H22BrN3O4S. The number of nitrogens with zero attached hydrogens (tertiary/aromatic N) is 2. The molecule has 1 aromatic heterocycles. The Hall–Kier alpha value is -1.19. The van der Waals surface area contributed by atoms with E-state index in [2.05, 4.69) is 26.2 Å². The lowest BCUT2D eigenvalue weighted by Crippen LogP contribution is -2.50. The molecule has 0 aromatic carbocycles. The Labute approximate surface area is 151 Å². The second-order valence-electron chi connectivity index (χ2n) is 6.69. The van der Waals surface area contributed by atoms with Crippen molar-refractivity contribution in [3.05, 3.63) is 22.9 Å². The Morgan fingerprint density at radius 3 is 2.75 bits per heavy atom. The Balaban J connectivity index is 2.06. The van der Waals surface area contributed by atoms with Crippen LogP contribution in [0.2, 0.25) is 0 Å². The van der Waals surface area contributed by atoms with Gasteiger partial charge in [-0.3, -0.25) is 4.98 Å². The number of aromatic nitrogens is 1. The van der Waals surface area contributed by atoms with Crippen LogP contribution in [0.15, 0.2) is 27.8 Å². The molecule has 134 valence electrons. The third-order valence-electron chi connectivity index (χ3n) is 3.42. The molecule has 1 fully saturated rings. The lowest BCUT2D eigenvalue weighted by molar-refractivity contribution is 0.0487. The van der Waals surface area contributed by atoms with E-state index in [1.54, 1.807) is 20.8 Å². The zero-order valence-electron chi connectivity index (χ0n) is 14.0. The minimum atomic E-state index is -3.64. The molecule has 1 N–H and O–H groups in total. The van der Waals surface area contributed by atoms with E-state index in [1.165, 1.54) is 22.8 Å². The normalized spacial score (nSPS) is 19.8. The summed E-state index contributed by atoms with van der Waals surface area (Å²) in [6, 6.07) is 1.25. The van der Waals surface area contributed by atoms with E-state index in [4.69, 9.17) is 4.74 Å². The van der Waals surface area contributed by atoms with E-state index < -0.39 is 21.7 Å². The predicted octanol–water partition coefficient (Wildman–Crippen LogP) is 2.52. The molecule has 1 aliphatic rings. The molecule has 7 nitrogen and oxygen atoms in total. The summed E-state index contributed by atoms with van der Waals surface area (Å²) in [5.74, 6) is 0. The molecule has 0 radical (unpaired) electrons. The lowest BCUT2D eigenvalue weighted by atomic mass is 10.1. The van der Waals surface area contributed by atoms with Crippen molar-refractivity contribution in [3.8, 4) is 0 Å². The van der Waals surface area contributed by atoms with Crippen LogP contribution in [0.1, 0.15) is 33.6 Å². The van der Waals surface area contributed by atoms with Crippen LogP contribution in [0, 0.1) is 0 Å². The van der Waals surface area contributed by atoms with Crippen LogP contribution < -0.4 is 5.32 Å². The van der Waals surface area contributed by atoms with E-state index in [9.17, 15) is 13.2 Å². The average Bonchev–Trinajstić information content (AvgIpc) is 2.45. The Kier molecular flexibility index (Phi) is 5.87. The maximum absolute atomic E-state index is 12.7. The fraction of sp³-hybridized carbons (Fsp3) is 0.600. The van der Waals surface area contributed by atoms with Gasteiger partial charge in [-0.05, 0) is 55.6 Å². The molecule has 1 atom stereocenters. The van der Waals surface area contributed by atoms with Crippen LogP contribution in [-0.4, -0.2) is 48.5 Å². The van der Waals surface area contributed by atoms with Crippen LogP contribution in [0.4, 0.5) is 4.79 Å². The van der Waals surface area contributed by atoms with E-state index in [0.717, 1.165) is 0 Å². The molecule has 0 unspecified atom stereocenters. The summed E-state index contributed by atoms with van der Waals surface area (Å²) < 4.78 is 32.6. The monoisotopic (exact) mass is 419 g/mol. The number of carbonyl (C=O) groups excluding carboxylic acids is 1. The highest BCUT2D eigenvalue weighted by molar-refractivity contribution is 9.10. The quantitative estimate of drug-likeness (QED) is 0.812. The summed E-state index contributed by atoms with van der Waals surface area (Å²) in [6.07, 6.45) is 3.70. The van der Waals surface area contributed by atoms with Crippen LogP contribution in [0.3, 0.4) is 0 Å². The number of pyridine rings is 1. The number of amides is 1. The molecule has 2 rings (SSSR count). The number of ether oxygens (including phenoxy) is 1. The zero-order valence-corrected chi connectivity index (χ0v) is 16.4. The highest BCUT2D eigenvalue weighted by Gasteiger charge is 2.32. The number of hydrogen-bond acceptors (Lipinski definition) is 5. The number of nitrogens with one attached hydrogen (secondary N) is 1. The van der Waals surface area contributed by atoms with Crippen molar-refractivity contribution in [3.63, 3.8) is 0 Å². The highest BCUT2D eigenvalue weighted by Crippen LogP contribution is 2.22. The third kappa shape index (κ3) is 5.15. The van der Waals surface area contributed by atoms with Crippen molar-refractivity contribution < 1.29 is 17.9 Å². The molecule has 24 heavy (non-hydrogen) atoms. The minimum Gasteiger partial charge on any atom is -0.444 e. The van der Waals surface area contributed by atoms with E-state index in [0.29, 0.717) is 23.9 Å². The Morgan fingerprint density at radius 1 is 1.42 bits per heavy atom. The molecule has 1 aromatic rings. The van der Waals surface area contributed by atoms with Crippen LogP contribution >= 0.6 is 15.9 Å². The molecule has 0 spiro atoms. The summed E-state index contributed by atoms with van der Waals surface area (Å²) in [4.78, 5) is 15.9. The molecule has 0 bridgehead atoms. The molecule has 1 aliphatic heterocycles. The first-order chi connectivity index (χ1) is 11.1.